The molecule has 0 spiro atoms. The van der Waals surface area contributed by atoms with Gasteiger partial charge in [0.05, 0.1) is 33.3 Å². The number of pyridine rings is 1. The second-order valence-corrected chi connectivity index (χ2v) is 6.32. The van der Waals surface area contributed by atoms with Gasteiger partial charge in [-0.05, 0) is 36.2 Å². The van der Waals surface area contributed by atoms with Crippen LogP contribution in [0.5, 0.6) is 0 Å². The number of rotatable bonds is 5. The zero-order valence-electron chi connectivity index (χ0n) is 11.9. The van der Waals surface area contributed by atoms with Gasteiger partial charge < -0.3 is 4.98 Å². The van der Waals surface area contributed by atoms with Gasteiger partial charge in [-0.25, -0.2) is 4.98 Å². The van der Waals surface area contributed by atoms with E-state index in [4.69, 9.17) is 0 Å². The summed E-state index contributed by atoms with van der Waals surface area (Å²) in [6.07, 6.45) is 3.86. The summed E-state index contributed by atoms with van der Waals surface area (Å²) >= 11 is 0. The molecule has 1 N–H and O–H groups in total. The van der Waals surface area contributed by atoms with E-state index >= 15 is 0 Å². The van der Waals surface area contributed by atoms with Crippen molar-refractivity contribution in [1.82, 2.24) is 15.0 Å². The minimum atomic E-state index is -1.21. The van der Waals surface area contributed by atoms with E-state index < -0.39 is 10.8 Å². The maximum absolute atomic E-state index is 12.4. The molecule has 2 aromatic heterocycles. The first-order valence-corrected chi connectivity index (χ1v) is 8.35. The van der Waals surface area contributed by atoms with Gasteiger partial charge in [-0.1, -0.05) is 25.5 Å². The molecular formula is C16H17N3OS. The Hall–Kier alpha value is -2.01. The summed E-state index contributed by atoms with van der Waals surface area (Å²) in [6.45, 7) is 2.16. The summed E-state index contributed by atoms with van der Waals surface area (Å²) in [6, 6.07) is 11.8. The number of H-pyrrole nitrogens is 1. The predicted molar refractivity (Wildman–Crippen MR) is 84.4 cm³/mol. The number of nitrogens with one attached hydrogen (secondary N) is 1. The number of hydrogen-bond acceptors (Lipinski definition) is 3. The van der Waals surface area contributed by atoms with Crippen molar-refractivity contribution < 1.29 is 4.21 Å². The summed E-state index contributed by atoms with van der Waals surface area (Å²) in [5.41, 5.74) is 3.89. The lowest BCUT2D eigenvalue weighted by atomic mass is 10.1. The molecule has 3 rings (SSSR count). The number of benzene rings is 1. The van der Waals surface area contributed by atoms with Crippen molar-refractivity contribution >= 4 is 21.8 Å². The van der Waals surface area contributed by atoms with Crippen LogP contribution in [0.3, 0.4) is 0 Å². The molecule has 21 heavy (non-hydrogen) atoms. The molecule has 1 unspecified atom stereocenters. The third-order valence-corrected chi connectivity index (χ3v) is 4.47. The van der Waals surface area contributed by atoms with Gasteiger partial charge in [0.1, 0.15) is 0 Å². The van der Waals surface area contributed by atoms with E-state index in [9.17, 15) is 4.21 Å². The number of imidazole rings is 1. The van der Waals surface area contributed by atoms with Gasteiger partial charge in [0.15, 0.2) is 5.16 Å². The van der Waals surface area contributed by atoms with E-state index in [2.05, 4.69) is 34.0 Å². The molecule has 0 aliphatic heterocycles. The normalized spacial score (nSPS) is 12.6. The molecule has 0 saturated heterocycles. The zero-order valence-corrected chi connectivity index (χ0v) is 12.7. The van der Waals surface area contributed by atoms with Crippen molar-refractivity contribution in [2.24, 2.45) is 0 Å². The van der Waals surface area contributed by atoms with Crippen molar-refractivity contribution in [3.8, 4) is 0 Å². The fraction of sp³-hybridized carbons (Fsp3) is 0.250. The lowest BCUT2D eigenvalue weighted by Crippen LogP contribution is -2.00. The molecule has 1 atom stereocenters. The van der Waals surface area contributed by atoms with Crippen LogP contribution in [-0.2, 0) is 23.0 Å². The van der Waals surface area contributed by atoms with E-state index in [1.807, 2.05) is 24.3 Å². The monoisotopic (exact) mass is 299 g/mol. The summed E-state index contributed by atoms with van der Waals surface area (Å²) in [7, 11) is -1.21. The minimum Gasteiger partial charge on any atom is -0.331 e. The topological polar surface area (TPSA) is 58.6 Å². The Morgan fingerprint density at radius 3 is 2.90 bits per heavy atom. The second kappa shape index (κ2) is 6.18. The quantitative estimate of drug-likeness (QED) is 0.787. The Labute approximate surface area is 126 Å². The van der Waals surface area contributed by atoms with Crippen LogP contribution < -0.4 is 0 Å². The molecule has 0 saturated carbocycles. The highest BCUT2D eigenvalue weighted by Gasteiger charge is 2.11. The Bertz CT molecular complexity index is 768. The minimum absolute atomic E-state index is 0.377. The SMILES string of the molecule is CCCc1ccc2nc(S(=O)Cc3ccccn3)[nH]c2c1. The zero-order chi connectivity index (χ0) is 14.7. The van der Waals surface area contributed by atoms with E-state index in [1.165, 1.54) is 5.56 Å². The van der Waals surface area contributed by atoms with Crippen molar-refractivity contribution in [3.05, 3.63) is 53.9 Å². The van der Waals surface area contributed by atoms with Gasteiger partial charge in [0.25, 0.3) is 0 Å². The highest BCUT2D eigenvalue weighted by atomic mass is 32.2. The van der Waals surface area contributed by atoms with E-state index in [0.717, 1.165) is 29.6 Å². The van der Waals surface area contributed by atoms with Crippen molar-refractivity contribution in [2.75, 3.05) is 0 Å². The van der Waals surface area contributed by atoms with E-state index in [-0.39, 0.29) is 0 Å². The molecule has 0 fully saturated rings. The Morgan fingerprint density at radius 2 is 2.14 bits per heavy atom. The highest BCUT2D eigenvalue weighted by molar-refractivity contribution is 7.84. The van der Waals surface area contributed by atoms with Crippen molar-refractivity contribution in [2.45, 2.75) is 30.7 Å². The Morgan fingerprint density at radius 1 is 1.24 bits per heavy atom. The van der Waals surface area contributed by atoms with Crippen LogP contribution in [-0.4, -0.2) is 19.2 Å². The standard InChI is InChI=1S/C16H17N3OS/c1-2-5-12-7-8-14-15(10-12)19-16(18-14)21(20)11-13-6-3-4-9-17-13/h3-4,6-10H,2,5,11H2,1H3,(H,18,19). The maximum Gasteiger partial charge on any atom is 0.197 e. The first-order valence-electron chi connectivity index (χ1n) is 7.03. The largest absolute Gasteiger partial charge is 0.331 e. The van der Waals surface area contributed by atoms with Crippen LogP contribution in [0.4, 0.5) is 0 Å². The van der Waals surface area contributed by atoms with Gasteiger partial charge in [0, 0.05) is 6.20 Å². The fourth-order valence-corrected chi connectivity index (χ4v) is 3.27. The lowest BCUT2D eigenvalue weighted by Gasteiger charge is -1.97. The average molecular weight is 299 g/mol. The third kappa shape index (κ3) is 3.19. The first-order chi connectivity index (χ1) is 10.3. The molecule has 0 bridgehead atoms. The van der Waals surface area contributed by atoms with E-state index in [1.54, 1.807) is 6.20 Å². The van der Waals surface area contributed by atoms with Gasteiger partial charge >= 0.3 is 0 Å². The smallest absolute Gasteiger partial charge is 0.197 e. The number of aryl methyl sites for hydroxylation is 1. The lowest BCUT2D eigenvalue weighted by molar-refractivity contribution is 0.677. The summed E-state index contributed by atoms with van der Waals surface area (Å²) in [4.78, 5) is 11.8. The molecule has 108 valence electrons. The number of nitrogens with zero attached hydrogens (tertiary/aromatic N) is 2. The summed E-state index contributed by atoms with van der Waals surface area (Å²) in [5.74, 6) is 0.377. The van der Waals surface area contributed by atoms with Gasteiger partial charge in [-0.3, -0.25) is 9.19 Å². The molecule has 2 heterocycles. The number of aromatic amines is 1. The molecule has 0 amide bonds. The molecule has 0 aliphatic rings. The number of fused-ring (bicyclic) bond motifs is 1. The van der Waals surface area contributed by atoms with Crippen LogP contribution in [0.25, 0.3) is 11.0 Å². The first kappa shape index (κ1) is 13.9. The molecule has 1 aromatic carbocycles. The molecular weight excluding hydrogens is 282 g/mol. The number of aromatic nitrogens is 3. The maximum atomic E-state index is 12.4. The average Bonchev–Trinajstić information content (AvgIpc) is 2.92. The Kier molecular flexibility index (Phi) is 4.10. The predicted octanol–water partition coefficient (Wildman–Crippen LogP) is 3.22. The fourth-order valence-electron chi connectivity index (χ4n) is 2.27. The molecule has 0 radical (unpaired) electrons. The highest BCUT2D eigenvalue weighted by Crippen LogP contribution is 2.17. The van der Waals surface area contributed by atoms with Crippen LogP contribution in [0.1, 0.15) is 24.6 Å². The second-order valence-electron chi connectivity index (χ2n) is 4.95. The van der Waals surface area contributed by atoms with Crippen LogP contribution >= 0.6 is 0 Å². The molecule has 4 nitrogen and oxygen atoms in total. The van der Waals surface area contributed by atoms with Crippen LogP contribution in [0.2, 0.25) is 0 Å². The van der Waals surface area contributed by atoms with Gasteiger partial charge in [0.2, 0.25) is 0 Å². The van der Waals surface area contributed by atoms with Crippen molar-refractivity contribution in [3.63, 3.8) is 0 Å². The van der Waals surface area contributed by atoms with Crippen LogP contribution in [0.15, 0.2) is 47.8 Å². The molecule has 5 heteroatoms. The molecule has 3 aromatic rings. The number of hydrogen-bond donors (Lipinski definition) is 1. The summed E-state index contributed by atoms with van der Waals surface area (Å²) in [5, 5.41) is 0.518. The van der Waals surface area contributed by atoms with Gasteiger partial charge in [-0.2, -0.15) is 0 Å². The van der Waals surface area contributed by atoms with Gasteiger partial charge in [-0.15, -0.1) is 0 Å². The third-order valence-electron chi connectivity index (χ3n) is 3.28. The summed E-state index contributed by atoms with van der Waals surface area (Å²) < 4.78 is 12.4. The van der Waals surface area contributed by atoms with Crippen LogP contribution in [0, 0.1) is 0 Å². The Balaban J connectivity index is 1.85. The molecule has 0 aliphatic carbocycles. The van der Waals surface area contributed by atoms with Crippen molar-refractivity contribution in [1.29, 1.82) is 0 Å². The van der Waals surface area contributed by atoms with E-state index in [0.29, 0.717) is 10.9 Å².